The first-order chi connectivity index (χ1) is 14.5. The first-order valence-electron chi connectivity index (χ1n) is 9.23. The summed E-state index contributed by atoms with van der Waals surface area (Å²) >= 11 is 0. The molecule has 0 aliphatic carbocycles. The first-order valence-corrected chi connectivity index (χ1v) is 9.23. The molecular weight excluding hydrogens is 387 g/mol. The molecule has 0 radical (unpaired) electrons. The number of carbonyl (C=O) groups excluding carboxylic acids is 2. The van der Waals surface area contributed by atoms with Gasteiger partial charge in [-0.1, -0.05) is 42.5 Å². The van der Waals surface area contributed by atoms with Crippen LogP contribution in [0.25, 0.3) is 0 Å². The second-order valence-corrected chi connectivity index (χ2v) is 6.45. The highest BCUT2D eigenvalue weighted by atomic mass is 19.1. The lowest BCUT2D eigenvalue weighted by Gasteiger charge is -2.13. The van der Waals surface area contributed by atoms with Crippen LogP contribution in [0, 0.1) is 5.82 Å². The normalized spacial score (nSPS) is 10.2. The van der Waals surface area contributed by atoms with E-state index in [0.717, 1.165) is 5.56 Å². The highest BCUT2D eigenvalue weighted by Gasteiger charge is 2.12. The molecule has 0 bridgehead atoms. The van der Waals surface area contributed by atoms with Crippen molar-refractivity contribution in [3.8, 4) is 11.5 Å². The Kier molecular flexibility index (Phi) is 7.00. The van der Waals surface area contributed by atoms with Crippen molar-refractivity contribution in [3.05, 3.63) is 95.3 Å². The Balaban J connectivity index is 1.56. The number of hydrogen-bond acceptors (Lipinski definition) is 4. The van der Waals surface area contributed by atoms with E-state index in [2.05, 4.69) is 10.9 Å². The van der Waals surface area contributed by atoms with Gasteiger partial charge in [-0.3, -0.25) is 20.4 Å². The molecule has 154 valence electrons. The number of methoxy groups -OCH3 is 1. The zero-order chi connectivity index (χ0) is 21.3. The molecule has 0 unspecified atom stereocenters. The van der Waals surface area contributed by atoms with Gasteiger partial charge in [-0.15, -0.1) is 0 Å². The maximum Gasteiger partial charge on any atom is 0.269 e. The van der Waals surface area contributed by atoms with Crippen LogP contribution in [-0.2, 0) is 17.8 Å². The average Bonchev–Trinajstić information content (AvgIpc) is 2.78. The van der Waals surface area contributed by atoms with Crippen molar-refractivity contribution in [2.45, 2.75) is 13.0 Å². The van der Waals surface area contributed by atoms with E-state index in [9.17, 15) is 14.0 Å². The van der Waals surface area contributed by atoms with Crippen molar-refractivity contribution >= 4 is 11.8 Å². The first kappa shape index (κ1) is 20.9. The molecule has 0 saturated heterocycles. The van der Waals surface area contributed by atoms with Gasteiger partial charge in [-0.25, -0.2) is 4.39 Å². The number of halogens is 1. The van der Waals surface area contributed by atoms with Crippen molar-refractivity contribution in [2.75, 3.05) is 7.11 Å². The van der Waals surface area contributed by atoms with Gasteiger partial charge in [0.15, 0.2) is 11.5 Å². The molecule has 6 nitrogen and oxygen atoms in total. The Morgan fingerprint density at radius 2 is 1.60 bits per heavy atom. The number of carbonyl (C=O) groups is 2. The Morgan fingerprint density at radius 1 is 0.867 bits per heavy atom. The summed E-state index contributed by atoms with van der Waals surface area (Å²) in [5, 5.41) is 0. The maximum atomic E-state index is 12.9. The predicted molar refractivity (Wildman–Crippen MR) is 109 cm³/mol. The minimum absolute atomic E-state index is 0.0101. The van der Waals surface area contributed by atoms with Gasteiger partial charge in [-0.2, -0.15) is 0 Å². The molecule has 0 atom stereocenters. The van der Waals surface area contributed by atoms with Gasteiger partial charge in [0.05, 0.1) is 13.5 Å². The van der Waals surface area contributed by atoms with Gasteiger partial charge in [0.25, 0.3) is 5.91 Å². The third-order valence-electron chi connectivity index (χ3n) is 4.26. The average molecular weight is 408 g/mol. The number of amides is 2. The van der Waals surface area contributed by atoms with Crippen molar-refractivity contribution in [1.29, 1.82) is 0 Å². The highest BCUT2D eigenvalue weighted by molar-refractivity contribution is 5.96. The van der Waals surface area contributed by atoms with E-state index in [1.807, 2.05) is 30.3 Å². The monoisotopic (exact) mass is 408 g/mol. The summed E-state index contributed by atoms with van der Waals surface area (Å²) in [5.74, 6) is -0.410. The SMILES string of the molecule is COc1cc(C(=O)NNC(=O)Cc2ccc(F)cc2)ccc1OCc1ccccc1. The molecule has 2 N–H and O–H groups in total. The number of hydrazine groups is 1. The third-order valence-corrected chi connectivity index (χ3v) is 4.26. The Labute approximate surface area is 173 Å². The largest absolute Gasteiger partial charge is 0.493 e. The summed E-state index contributed by atoms with van der Waals surface area (Å²) in [5.41, 5.74) is 6.62. The number of benzene rings is 3. The number of ether oxygens (including phenoxy) is 2. The standard InChI is InChI=1S/C23H21FN2O4/c1-29-21-14-18(9-12-20(21)30-15-17-5-3-2-4-6-17)23(28)26-25-22(27)13-16-7-10-19(24)11-8-16/h2-12,14H,13,15H2,1H3,(H,25,27)(H,26,28). The maximum absolute atomic E-state index is 12.9. The molecule has 0 fully saturated rings. The molecule has 3 aromatic rings. The predicted octanol–water partition coefficient (Wildman–Crippen LogP) is 3.42. The lowest BCUT2D eigenvalue weighted by molar-refractivity contribution is -0.121. The zero-order valence-corrected chi connectivity index (χ0v) is 16.4. The van der Waals surface area contributed by atoms with Crippen molar-refractivity contribution in [2.24, 2.45) is 0 Å². The third kappa shape index (κ3) is 5.81. The lowest BCUT2D eigenvalue weighted by Crippen LogP contribution is -2.42. The smallest absolute Gasteiger partial charge is 0.269 e. The van der Waals surface area contributed by atoms with Crippen molar-refractivity contribution < 1.29 is 23.5 Å². The number of rotatable bonds is 7. The van der Waals surface area contributed by atoms with E-state index in [1.165, 1.54) is 37.4 Å². The van der Waals surface area contributed by atoms with Gasteiger partial charge in [-0.05, 0) is 41.5 Å². The fourth-order valence-electron chi connectivity index (χ4n) is 2.69. The summed E-state index contributed by atoms with van der Waals surface area (Å²) in [6, 6.07) is 20.0. The van der Waals surface area contributed by atoms with E-state index >= 15 is 0 Å². The highest BCUT2D eigenvalue weighted by Crippen LogP contribution is 2.28. The van der Waals surface area contributed by atoms with Gasteiger partial charge in [0.2, 0.25) is 5.91 Å². The van der Waals surface area contributed by atoms with Crippen LogP contribution in [0.3, 0.4) is 0 Å². The summed E-state index contributed by atoms with van der Waals surface area (Å²) in [7, 11) is 1.48. The van der Waals surface area contributed by atoms with Gasteiger partial charge in [0, 0.05) is 5.56 Å². The van der Waals surface area contributed by atoms with Crippen LogP contribution in [0.5, 0.6) is 11.5 Å². The van der Waals surface area contributed by atoms with Crippen molar-refractivity contribution in [3.63, 3.8) is 0 Å². The minimum Gasteiger partial charge on any atom is -0.493 e. The van der Waals surface area contributed by atoms with Crippen molar-refractivity contribution in [1.82, 2.24) is 10.9 Å². The summed E-state index contributed by atoms with van der Waals surface area (Å²) in [6.07, 6.45) is 0.0101. The van der Waals surface area contributed by atoms with Gasteiger partial charge < -0.3 is 9.47 Å². The molecule has 3 rings (SSSR count). The molecule has 0 aliphatic heterocycles. The topological polar surface area (TPSA) is 76.7 Å². The molecule has 0 aromatic heterocycles. The van der Waals surface area contributed by atoms with E-state index < -0.39 is 11.8 Å². The molecule has 2 amide bonds. The second-order valence-electron chi connectivity index (χ2n) is 6.45. The van der Waals surface area contributed by atoms with Crippen LogP contribution in [0.1, 0.15) is 21.5 Å². The molecule has 0 aliphatic rings. The molecule has 7 heteroatoms. The lowest BCUT2D eigenvalue weighted by atomic mass is 10.1. The Bertz CT molecular complexity index is 1010. The van der Waals surface area contributed by atoms with Crippen LogP contribution >= 0.6 is 0 Å². The summed E-state index contributed by atoms with van der Waals surface area (Å²) in [4.78, 5) is 24.3. The fraction of sp³-hybridized carbons (Fsp3) is 0.130. The zero-order valence-electron chi connectivity index (χ0n) is 16.4. The van der Waals surface area contributed by atoms with E-state index in [0.29, 0.717) is 29.2 Å². The van der Waals surface area contributed by atoms with Crippen LogP contribution < -0.4 is 20.3 Å². The molecule has 0 heterocycles. The van der Waals surface area contributed by atoms with E-state index in [4.69, 9.17) is 9.47 Å². The number of nitrogens with one attached hydrogen (secondary N) is 2. The molecule has 3 aromatic carbocycles. The van der Waals surface area contributed by atoms with Crippen LogP contribution in [0.15, 0.2) is 72.8 Å². The summed E-state index contributed by atoms with van der Waals surface area (Å²) < 4.78 is 24.0. The second kappa shape index (κ2) is 10.1. The minimum atomic E-state index is -0.504. The van der Waals surface area contributed by atoms with Crippen LogP contribution in [0.2, 0.25) is 0 Å². The Morgan fingerprint density at radius 3 is 2.30 bits per heavy atom. The molecule has 30 heavy (non-hydrogen) atoms. The quantitative estimate of drug-likeness (QED) is 0.588. The van der Waals surface area contributed by atoms with E-state index in [-0.39, 0.29) is 12.2 Å². The summed E-state index contributed by atoms with van der Waals surface area (Å²) in [6.45, 7) is 0.363. The number of hydrogen-bond donors (Lipinski definition) is 2. The van der Waals surface area contributed by atoms with Crippen LogP contribution in [-0.4, -0.2) is 18.9 Å². The molecular formula is C23H21FN2O4. The molecule has 0 spiro atoms. The van der Waals surface area contributed by atoms with Crippen LogP contribution in [0.4, 0.5) is 4.39 Å². The molecule has 0 saturated carbocycles. The Hall–Kier alpha value is -3.87. The van der Waals surface area contributed by atoms with Gasteiger partial charge in [0.1, 0.15) is 12.4 Å². The van der Waals surface area contributed by atoms with E-state index in [1.54, 1.807) is 12.1 Å². The van der Waals surface area contributed by atoms with Gasteiger partial charge >= 0.3 is 0 Å². The fourth-order valence-corrected chi connectivity index (χ4v) is 2.69.